The fourth-order valence-corrected chi connectivity index (χ4v) is 5.26. The van der Waals surface area contributed by atoms with E-state index in [1.54, 1.807) is 0 Å². The Kier molecular flexibility index (Phi) is 12.5. The Balaban J connectivity index is 1.59. The molecule has 0 aromatic carbocycles. The summed E-state index contributed by atoms with van der Waals surface area (Å²) in [7, 11) is 0. The number of aromatic nitrogens is 3. The SMILES string of the molecule is CC(=O)N[C@H]1[C@H]([C@H](O)[C@H](O)CO)O[C@](C(=O)O)(n2cc(CCCC(=O)NCC[C@H]3O[C@H](CO)[C@H](O)[C@H](O)[C@H]3O)nn2)C[C@@H]1O. The molecule has 0 saturated carbocycles. The summed E-state index contributed by atoms with van der Waals surface area (Å²) in [5, 5.41) is 103. The minimum atomic E-state index is -2.41. The van der Waals surface area contributed by atoms with E-state index in [1.807, 2.05) is 0 Å². The van der Waals surface area contributed by atoms with Crippen molar-refractivity contribution in [3.8, 4) is 0 Å². The van der Waals surface area contributed by atoms with Crippen molar-refractivity contribution < 1.29 is 69.8 Å². The van der Waals surface area contributed by atoms with Crippen molar-refractivity contribution in [3.63, 3.8) is 0 Å². The van der Waals surface area contributed by atoms with E-state index in [-0.39, 0.29) is 43.8 Å². The van der Waals surface area contributed by atoms with Gasteiger partial charge >= 0.3 is 5.97 Å². The monoisotopic (exact) mass is 635 g/mol. The number of nitrogens with zero attached hydrogens (tertiary/aromatic N) is 3. The number of aliphatic carboxylic acids is 1. The van der Waals surface area contributed by atoms with Crippen molar-refractivity contribution in [2.24, 2.45) is 0 Å². The Labute approximate surface area is 251 Å². The number of hydrogen-bond donors (Lipinski definition) is 11. The summed E-state index contributed by atoms with van der Waals surface area (Å²) in [4.78, 5) is 36.4. The predicted octanol–water partition coefficient (Wildman–Crippen LogP) is -5.94. The van der Waals surface area contributed by atoms with Crippen LogP contribution in [0.15, 0.2) is 6.20 Å². The number of carboxylic acid groups (broad SMARTS) is 1. The molecule has 0 spiro atoms. The Hall–Kier alpha value is -2.85. The van der Waals surface area contributed by atoms with Gasteiger partial charge in [0.1, 0.15) is 42.7 Å². The topological polar surface area (TPSA) is 307 Å². The van der Waals surface area contributed by atoms with Crippen molar-refractivity contribution in [2.45, 2.75) is 106 Å². The number of amides is 2. The molecule has 2 aliphatic rings. The van der Waals surface area contributed by atoms with Gasteiger partial charge in [-0.2, -0.15) is 0 Å². The number of carbonyl (C=O) groups excluding carboxylic acids is 2. The standard InChI is InChI=1S/C25H41N5O14/c1-11(33)27-18-13(34)7-25(24(41)42,44-23(18)19(37)14(35)9-31)30-8-12(28-29-30)3-2-4-17(36)26-6-5-15-20(38)22(40)21(39)16(10-32)43-15/h8,13-16,18-23,31-32,34-35,37-40H,2-7,9-10H2,1H3,(H,26,36)(H,27,33)(H,41,42)/t13-,14+,15+,16+,18+,19+,20-,21-,22+,23+,25+/m0/s1. The molecular formula is C25H41N5O14. The van der Waals surface area contributed by atoms with E-state index in [1.165, 1.54) is 6.20 Å². The van der Waals surface area contributed by atoms with Crippen LogP contribution in [0, 0.1) is 0 Å². The fourth-order valence-electron chi connectivity index (χ4n) is 5.26. The maximum absolute atomic E-state index is 12.5. The molecule has 2 saturated heterocycles. The molecule has 3 heterocycles. The van der Waals surface area contributed by atoms with Gasteiger partial charge in [0.15, 0.2) is 0 Å². The fraction of sp³-hybridized carbons (Fsp3) is 0.800. The van der Waals surface area contributed by atoms with Gasteiger partial charge in [-0.15, -0.1) is 5.10 Å². The molecule has 0 radical (unpaired) electrons. The average Bonchev–Trinajstić information content (AvgIpc) is 3.46. The van der Waals surface area contributed by atoms with Gasteiger partial charge in [0.2, 0.25) is 11.8 Å². The van der Waals surface area contributed by atoms with Crippen LogP contribution in [0.5, 0.6) is 0 Å². The first-order chi connectivity index (χ1) is 20.7. The first-order valence-electron chi connectivity index (χ1n) is 14.1. The van der Waals surface area contributed by atoms with Gasteiger partial charge in [0.05, 0.1) is 43.4 Å². The summed E-state index contributed by atoms with van der Waals surface area (Å²) in [5.41, 5.74) is -2.16. The van der Waals surface area contributed by atoms with Gasteiger partial charge in [0, 0.05) is 26.3 Å². The molecule has 2 aliphatic heterocycles. The largest absolute Gasteiger partial charge is 0.478 e. The lowest BCUT2D eigenvalue weighted by Crippen LogP contribution is -2.67. The van der Waals surface area contributed by atoms with Gasteiger partial charge in [-0.05, 0) is 19.3 Å². The van der Waals surface area contributed by atoms with Crippen molar-refractivity contribution in [1.29, 1.82) is 0 Å². The van der Waals surface area contributed by atoms with Crippen LogP contribution >= 0.6 is 0 Å². The van der Waals surface area contributed by atoms with E-state index in [4.69, 9.17) is 9.47 Å². The van der Waals surface area contributed by atoms with Crippen LogP contribution in [0.2, 0.25) is 0 Å². The number of carbonyl (C=O) groups is 3. The van der Waals surface area contributed by atoms with E-state index in [9.17, 15) is 60.3 Å². The lowest BCUT2D eigenvalue weighted by molar-refractivity contribution is -0.258. The molecule has 2 amide bonds. The zero-order valence-electron chi connectivity index (χ0n) is 23.9. The second-order valence-electron chi connectivity index (χ2n) is 10.9. The highest BCUT2D eigenvalue weighted by Gasteiger charge is 2.56. The smallest absolute Gasteiger partial charge is 0.359 e. The van der Waals surface area contributed by atoms with Crippen molar-refractivity contribution in [1.82, 2.24) is 25.6 Å². The van der Waals surface area contributed by atoms with Crippen molar-refractivity contribution >= 4 is 17.8 Å². The normalized spacial score (nSPS) is 33.8. The van der Waals surface area contributed by atoms with Gasteiger partial charge < -0.3 is 66.1 Å². The van der Waals surface area contributed by atoms with Crippen molar-refractivity contribution in [3.05, 3.63) is 11.9 Å². The Morgan fingerprint density at radius 2 is 1.80 bits per heavy atom. The van der Waals surface area contributed by atoms with E-state index in [0.717, 1.165) is 11.6 Å². The number of hydrogen-bond acceptors (Lipinski definition) is 15. The number of nitrogens with one attached hydrogen (secondary N) is 2. The van der Waals surface area contributed by atoms with Gasteiger partial charge in [0.25, 0.3) is 5.72 Å². The molecule has 0 bridgehead atoms. The second kappa shape index (κ2) is 15.4. The zero-order chi connectivity index (χ0) is 32.8. The molecular weight excluding hydrogens is 594 g/mol. The Morgan fingerprint density at radius 1 is 1.11 bits per heavy atom. The van der Waals surface area contributed by atoms with Gasteiger partial charge in [-0.3, -0.25) is 9.59 Å². The minimum Gasteiger partial charge on any atom is -0.478 e. The molecule has 2 fully saturated rings. The zero-order valence-corrected chi connectivity index (χ0v) is 23.9. The lowest BCUT2D eigenvalue weighted by atomic mass is 9.87. The molecule has 11 N–H and O–H groups in total. The van der Waals surface area contributed by atoms with Crippen LogP contribution in [0.25, 0.3) is 0 Å². The van der Waals surface area contributed by atoms with Crippen LogP contribution in [-0.2, 0) is 36.0 Å². The number of aryl methyl sites for hydroxylation is 1. The highest BCUT2D eigenvalue weighted by Crippen LogP contribution is 2.36. The molecule has 11 atom stereocenters. The molecule has 3 rings (SSSR count). The van der Waals surface area contributed by atoms with E-state index in [0.29, 0.717) is 0 Å². The van der Waals surface area contributed by atoms with Crippen LogP contribution in [-0.4, -0.2) is 159 Å². The quantitative estimate of drug-likeness (QED) is 0.0906. The molecule has 19 nitrogen and oxygen atoms in total. The average molecular weight is 636 g/mol. The third-order valence-electron chi connectivity index (χ3n) is 7.70. The number of rotatable bonds is 14. The van der Waals surface area contributed by atoms with Crippen LogP contribution in [0.3, 0.4) is 0 Å². The van der Waals surface area contributed by atoms with Gasteiger partial charge in [-0.1, -0.05) is 5.21 Å². The Bertz CT molecular complexity index is 1120. The molecule has 44 heavy (non-hydrogen) atoms. The van der Waals surface area contributed by atoms with Gasteiger partial charge in [-0.25, -0.2) is 9.48 Å². The summed E-state index contributed by atoms with van der Waals surface area (Å²) in [5.74, 6) is -2.62. The van der Waals surface area contributed by atoms with E-state index < -0.39 is 98.2 Å². The summed E-state index contributed by atoms with van der Waals surface area (Å²) in [6.07, 6.45) is -12.2. The minimum absolute atomic E-state index is 0.0204. The maximum Gasteiger partial charge on any atom is 0.359 e. The number of aliphatic hydroxyl groups excluding tert-OH is 8. The number of ether oxygens (including phenoxy) is 2. The van der Waals surface area contributed by atoms with E-state index >= 15 is 0 Å². The molecule has 1 aromatic heterocycles. The van der Waals surface area contributed by atoms with Crippen LogP contribution in [0.1, 0.15) is 38.3 Å². The van der Waals surface area contributed by atoms with Crippen LogP contribution in [0.4, 0.5) is 0 Å². The molecule has 1 aromatic rings. The predicted molar refractivity (Wildman–Crippen MR) is 142 cm³/mol. The molecule has 0 aliphatic carbocycles. The maximum atomic E-state index is 12.5. The lowest BCUT2D eigenvalue weighted by Gasteiger charge is -2.46. The Morgan fingerprint density at radius 3 is 2.41 bits per heavy atom. The molecule has 0 unspecified atom stereocenters. The second-order valence-corrected chi connectivity index (χ2v) is 10.9. The first-order valence-corrected chi connectivity index (χ1v) is 14.1. The molecule has 250 valence electrons. The van der Waals surface area contributed by atoms with Crippen LogP contribution < -0.4 is 10.6 Å². The third kappa shape index (κ3) is 8.05. The first kappa shape index (κ1) is 35.6. The number of aliphatic hydroxyl groups is 8. The van der Waals surface area contributed by atoms with E-state index in [2.05, 4.69) is 20.9 Å². The number of carboxylic acids is 1. The third-order valence-corrected chi connectivity index (χ3v) is 7.70. The summed E-state index contributed by atoms with van der Waals surface area (Å²) in [6, 6.07) is -1.33. The summed E-state index contributed by atoms with van der Waals surface area (Å²) in [6.45, 7) is -0.289. The summed E-state index contributed by atoms with van der Waals surface area (Å²) >= 11 is 0. The molecule has 19 heteroatoms. The van der Waals surface area contributed by atoms with Crippen molar-refractivity contribution in [2.75, 3.05) is 19.8 Å². The summed E-state index contributed by atoms with van der Waals surface area (Å²) < 4.78 is 11.9. The highest BCUT2D eigenvalue weighted by molar-refractivity contribution is 5.76. The highest BCUT2D eigenvalue weighted by atomic mass is 16.6.